The second-order valence-corrected chi connectivity index (χ2v) is 11.0. The van der Waals surface area contributed by atoms with Crippen LogP contribution in [0.2, 0.25) is 0 Å². The second kappa shape index (κ2) is 10.1. The van der Waals surface area contributed by atoms with Crippen molar-refractivity contribution in [2.45, 2.75) is 64.3 Å². The predicted molar refractivity (Wildman–Crippen MR) is 135 cm³/mol. The summed E-state index contributed by atoms with van der Waals surface area (Å²) in [5.41, 5.74) is 1.26. The van der Waals surface area contributed by atoms with Crippen molar-refractivity contribution < 1.29 is 23.7 Å². The van der Waals surface area contributed by atoms with Crippen LogP contribution in [-0.2, 0) is 22.6 Å². The Morgan fingerprint density at radius 2 is 1.95 bits per heavy atom. The molecule has 10 heteroatoms. The predicted octanol–water partition coefficient (Wildman–Crippen LogP) is 4.22. The molecule has 3 aliphatic rings. The quantitative estimate of drug-likeness (QED) is 0.569. The number of hydroxylamine groups is 2. The lowest BCUT2D eigenvalue weighted by Crippen LogP contribution is -2.50. The Morgan fingerprint density at radius 3 is 2.68 bits per heavy atom. The average molecular weight is 510 g/mol. The van der Waals surface area contributed by atoms with E-state index in [0.717, 1.165) is 49.4 Å². The number of hydrogen-bond acceptors (Lipinski definition) is 7. The number of urea groups is 1. The minimum atomic E-state index is -0.557. The molecule has 2 aromatic rings. The number of rotatable bonds is 8. The Balaban J connectivity index is 1.10. The first kappa shape index (κ1) is 25.1. The fourth-order valence-electron chi connectivity index (χ4n) is 5.11. The maximum Gasteiger partial charge on any atom is 0.413 e. The largest absolute Gasteiger partial charge is 0.444 e. The van der Waals surface area contributed by atoms with Gasteiger partial charge >= 0.3 is 12.1 Å². The minimum Gasteiger partial charge on any atom is -0.444 e. The van der Waals surface area contributed by atoms with E-state index in [1.54, 1.807) is 0 Å². The Bertz CT molecular complexity index is 1140. The van der Waals surface area contributed by atoms with E-state index < -0.39 is 11.7 Å². The standard InChI is InChI=1S/C27H35N5O5/c1-18(28-25(33)36-27(2,3)4)30-14-20(15-30)12-22-13-23(29-37-22)24-11-10-21-16-31(24)26(34)32(21)35-17-19-8-6-5-7-9-19/h5-9,13,20-21,24H,1,10-12,14-17H2,2-4H3,(H,28,33)/t21-,24+/m1/s1. The van der Waals surface area contributed by atoms with Crippen LogP contribution in [-0.4, -0.2) is 63.4 Å². The van der Waals surface area contributed by atoms with Crippen molar-refractivity contribution in [1.82, 2.24) is 25.3 Å². The van der Waals surface area contributed by atoms with E-state index in [2.05, 4.69) is 17.1 Å². The van der Waals surface area contributed by atoms with Gasteiger partial charge in [0.15, 0.2) is 0 Å². The normalized spacial score (nSPS) is 21.7. The van der Waals surface area contributed by atoms with Gasteiger partial charge in [-0.1, -0.05) is 42.1 Å². The molecule has 1 aromatic carbocycles. The first-order valence-corrected chi connectivity index (χ1v) is 12.8. The van der Waals surface area contributed by atoms with Gasteiger partial charge in [0.2, 0.25) is 0 Å². The topological polar surface area (TPSA) is 100 Å². The third kappa shape index (κ3) is 5.74. The van der Waals surface area contributed by atoms with Crippen molar-refractivity contribution in [2.75, 3.05) is 19.6 Å². The molecule has 37 heavy (non-hydrogen) atoms. The van der Waals surface area contributed by atoms with Gasteiger partial charge in [0.25, 0.3) is 0 Å². The van der Waals surface area contributed by atoms with Crippen molar-refractivity contribution >= 4 is 12.1 Å². The van der Waals surface area contributed by atoms with Crippen LogP contribution in [0.15, 0.2) is 53.3 Å². The van der Waals surface area contributed by atoms with Gasteiger partial charge in [-0.15, -0.1) is 0 Å². The van der Waals surface area contributed by atoms with E-state index >= 15 is 0 Å². The number of fused-ring (bicyclic) bond motifs is 2. The molecule has 1 aromatic heterocycles. The summed E-state index contributed by atoms with van der Waals surface area (Å²) in [7, 11) is 0. The number of ether oxygens (including phenoxy) is 1. The Labute approximate surface area is 217 Å². The van der Waals surface area contributed by atoms with Crippen LogP contribution in [0.4, 0.5) is 9.59 Å². The molecule has 10 nitrogen and oxygen atoms in total. The summed E-state index contributed by atoms with van der Waals surface area (Å²) in [5, 5.41) is 8.55. The van der Waals surface area contributed by atoms with E-state index in [0.29, 0.717) is 24.9 Å². The molecule has 198 valence electrons. The number of benzene rings is 1. The highest BCUT2D eigenvalue weighted by Crippen LogP contribution is 2.38. The lowest BCUT2D eigenvalue weighted by atomic mass is 9.94. The van der Waals surface area contributed by atoms with E-state index in [1.807, 2.05) is 67.0 Å². The number of hydrogen-bond donors (Lipinski definition) is 1. The molecule has 5 rings (SSSR count). The molecule has 0 aliphatic carbocycles. The molecule has 0 radical (unpaired) electrons. The van der Waals surface area contributed by atoms with Crippen molar-refractivity contribution in [2.24, 2.45) is 5.92 Å². The number of carbonyl (C=O) groups excluding carboxylic acids is 2. The van der Waals surface area contributed by atoms with Gasteiger partial charge in [-0.05, 0) is 39.2 Å². The van der Waals surface area contributed by atoms with Gasteiger partial charge in [-0.2, -0.15) is 5.06 Å². The van der Waals surface area contributed by atoms with Gasteiger partial charge in [0, 0.05) is 38.0 Å². The number of likely N-dealkylation sites (tertiary alicyclic amines) is 1. The highest BCUT2D eigenvalue weighted by Gasteiger charge is 2.47. The molecule has 3 aliphatic heterocycles. The third-order valence-electron chi connectivity index (χ3n) is 6.93. The lowest BCUT2D eigenvalue weighted by molar-refractivity contribution is -0.140. The summed E-state index contributed by atoms with van der Waals surface area (Å²) in [6, 6.07) is 11.7. The van der Waals surface area contributed by atoms with Gasteiger partial charge in [0.1, 0.15) is 29.5 Å². The number of piperidine rings is 1. The number of amides is 3. The fraction of sp³-hybridized carbons (Fsp3) is 0.519. The van der Waals surface area contributed by atoms with Gasteiger partial charge < -0.3 is 19.1 Å². The molecule has 2 atom stereocenters. The number of nitrogens with one attached hydrogen (secondary N) is 1. The van der Waals surface area contributed by atoms with Gasteiger partial charge in [-0.3, -0.25) is 10.2 Å². The SMILES string of the molecule is C=C(NC(=O)OC(C)(C)C)N1CC(Cc2cc([C@@H]3CC[C@@H]4CN3C(=O)N4OCc3ccccc3)no2)C1. The summed E-state index contributed by atoms with van der Waals surface area (Å²) in [6.07, 6.45) is 1.91. The van der Waals surface area contributed by atoms with Gasteiger partial charge in [-0.25, -0.2) is 9.59 Å². The van der Waals surface area contributed by atoms with E-state index in [1.165, 1.54) is 5.06 Å². The molecule has 0 saturated carbocycles. The van der Waals surface area contributed by atoms with Gasteiger partial charge in [0.05, 0.1) is 12.1 Å². The number of aromatic nitrogens is 1. The first-order valence-electron chi connectivity index (χ1n) is 12.8. The summed E-state index contributed by atoms with van der Waals surface area (Å²) in [5.74, 6) is 1.70. The molecule has 2 bridgehead atoms. The van der Waals surface area contributed by atoms with E-state index in [9.17, 15) is 9.59 Å². The van der Waals surface area contributed by atoms with Crippen LogP contribution in [0.3, 0.4) is 0 Å². The molecular formula is C27H35N5O5. The Morgan fingerprint density at radius 1 is 1.19 bits per heavy atom. The smallest absolute Gasteiger partial charge is 0.413 e. The van der Waals surface area contributed by atoms with Crippen molar-refractivity contribution in [1.29, 1.82) is 0 Å². The van der Waals surface area contributed by atoms with E-state index in [4.69, 9.17) is 14.1 Å². The van der Waals surface area contributed by atoms with Crippen molar-refractivity contribution in [3.8, 4) is 0 Å². The van der Waals surface area contributed by atoms with Crippen LogP contribution >= 0.6 is 0 Å². The Kier molecular flexibility index (Phi) is 6.85. The summed E-state index contributed by atoms with van der Waals surface area (Å²) >= 11 is 0. The van der Waals surface area contributed by atoms with Crippen LogP contribution in [0.25, 0.3) is 0 Å². The van der Waals surface area contributed by atoms with Crippen LogP contribution in [0, 0.1) is 5.92 Å². The molecule has 3 amide bonds. The molecule has 3 saturated heterocycles. The lowest BCUT2D eigenvalue weighted by Gasteiger charge is -2.41. The highest BCUT2D eigenvalue weighted by molar-refractivity contribution is 5.77. The summed E-state index contributed by atoms with van der Waals surface area (Å²) < 4.78 is 10.9. The van der Waals surface area contributed by atoms with Crippen molar-refractivity contribution in [3.05, 3.63) is 65.8 Å². The molecular weight excluding hydrogens is 474 g/mol. The van der Waals surface area contributed by atoms with Crippen LogP contribution in [0.1, 0.15) is 56.7 Å². The summed E-state index contributed by atoms with van der Waals surface area (Å²) in [6.45, 7) is 11.9. The molecule has 0 unspecified atom stereocenters. The maximum absolute atomic E-state index is 13.1. The molecule has 4 heterocycles. The number of carbonyl (C=O) groups is 2. The monoisotopic (exact) mass is 509 g/mol. The number of nitrogens with zero attached hydrogens (tertiary/aromatic N) is 4. The molecule has 1 N–H and O–H groups in total. The highest BCUT2D eigenvalue weighted by atomic mass is 16.7. The molecule has 0 spiro atoms. The maximum atomic E-state index is 13.1. The average Bonchev–Trinajstić information content (AvgIpc) is 3.37. The van der Waals surface area contributed by atoms with Crippen molar-refractivity contribution in [3.63, 3.8) is 0 Å². The first-order chi connectivity index (χ1) is 17.7. The summed E-state index contributed by atoms with van der Waals surface area (Å²) in [4.78, 5) is 34.8. The molecule has 3 fully saturated rings. The fourth-order valence-corrected chi connectivity index (χ4v) is 5.11. The van der Waals surface area contributed by atoms with Crippen LogP contribution in [0.5, 0.6) is 0 Å². The number of alkyl carbamates (subject to hydrolysis) is 1. The minimum absolute atomic E-state index is 0.0576. The van der Waals surface area contributed by atoms with Crippen LogP contribution < -0.4 is 5.32 Å². The zero-order chi connectivity index (χ0) is 26.2. The Hall–Kier alpha value is -3.53. The zero-order valence-corrected chi connectivity index (χ0v) is 21.7. The second-order valence-electron chi connectivity index (χ2n) is 11.0. The van der Waals surface area contributed by atoms with E-state index in [-0.39, 0.29) is 18.1 Å². The third-order valence-corrected chi connectivity index (χ3v) is 6.93. The zero-order valence-electron chi connectivity index (χ0n) is 21.7.